The van der Waals surface area contributed by atoms with Crippen molar-refractivity contribution in [3.8, 4) is 0 Å². The normalized spacial score (nSPS) is 29.5. The number of Topliss-reactive ketones (excluding diaryl/α,β-unsaturated/α-hetero) is 1. The summed E-state index contributed by atoms with van der Waals surface area (Å²) in [6, 6.07) is 16.3. The predicted molar refractivity (Wildman–Crippen MR) is 153 cm³/mol. The van der Waals surface area contributed by atoms with Gasteiger partial charge in [0.2, 0.25) is 0 Å². The van der Waals surface area contributed by atoms with Crippen molar-refractivity contribution in [2.45, 2.75) is 65.2 Å². The summed E-state index contributed by atoms with van der Waals surface area (Å²) in [6.45, 7) is 6.38. The third-order valence-electron chi connectivity index (χ3n) is 8.99. The molecule has 0 aromatic heterocycles. The van der Waals surface area contributed by atoms with E-state index in [-0.39, 0.29) is 11.3 Å². The van der Waals surface area contributed by atoms with Gasteiger partial charge in [0.1, 0.15) is 11.5 Å². The van der Waals surface area contributed by atoms with Gasteiger partial charge in [-0.25, -0.2) is 4.99 Å². The van der Waals surface area contributed by atoms with E-state index in [1.807, 2.05) is 49.4 Å². The Bertz CT molecular complexity index is 1240. The Balaban J connectivity index is 1.25. The minimum atomic E-state index is -0.137. The van der Waals surface area contributed by atoms with Gasteiger partial charge in [0.25, 0.3) is 5.91 Å². The van der Waals surface area contributed by atoms with Crippen molar-refractivity contribution in [1.29, 1.82) is 0 Å². The molecule has 4 nitrogen and oxygen atoms in total. The molecule has 4 bridgehead atoms. The van der Waals surface area contributed by atoms with Gasteiger partial charge < -0.3 is 0 Å². The van der Waals surface area contributed by atoms with Crippen LogP contribution in [0, 0.1) is 30.1 Å². The topological polar surface area (TPSA) is 49.7 Å². The first kappa shape index (κ1) is 24.7. The Kier molecular flexibility index (Phi) is 6.38. The predicted octanol–water partition coefficient (Wildman–Crippen LogP) is 7.38. The highest BCUT2D eigenvalue weighted by atomic mass is 32.2. The lowest BCUT2D eigenvalue weighted by atomic mass is 9.48. The van der Waals surface area contributed by atoms with Crippen molar-refractivity contribution in [1.82, 2.24) is 0 Å². The molecule has 0 spiro atoms. The molecule has 1 amide bonds. The van der Waals surface area contributed by atoms with Crippen molar-refractivity contribution < 1.29 is 9.59 Å². The first-order valence-corrected chi connectivity index (χ1v) is 14.8. The standard InChI is InChI=1S/C32H36N2O2S/c1-20(2)26-8-6-22(7-9-26)15-28-30(36)34(27-10-4-21(3)5-11-27)31(33-28)37-19-29(35)32-16-23-12-24(17-32)14-25(13-23)18-32/h4-11,15,20,23-25H,12-14,16-19H2,1-3H3/b28-15+. The van der Waals surface area contributed by atoms with Crippen LogP contribution in [0.15, 0.2) is 59.2 Å². The van der Waals surface area contributed by atoms with Crippen molar-refractivity contribution in [3.63, 3.8) is 0 Å². The highest BCUT2D eigenvalue weighted by Crippen LogP contribution is 2.60. The molecule has 4 fully saturated rings. The van der Waals surface area contributed by atoms with E-state index in [9.17, 15) is 9.59 Å². The van der Waals surface area contributed by atoms with Crippen LogP contribution in [0.25, 0.3) is 6.08 Å². The van der Waals surface area contributed by atoms with Crippen LogP contribution in [0.2, 0.25) is 0 Å². The minimum Gasteiger partial charge on any atom is -0.298 e. The number of amides is 1. The summed E-state index contributed by atoms with van der Waals surface area (Å²) in [4.78, 5) is 33.8. The maximum absolute atomic E-state index is 13.7. The van der Waals surface area contributed by atoms with Crippen LogP contribution in [0.4, 0.5) is 5.69 Å². The van der Waals surface area contributed by atoms with E-state index in [1.165, 1.54) is 36.6 Å². The van der Waals surface area contributed by atoms with E-state index in [0.717, 1.165) is 53.8 Å². The van der Waals surface area contributed by atoms with Crippen molar-refractivity contribution in [3.05, 3.63) is 70.9 Å². The number of anilines is 1. The van der Waals surface area contributed by atoms with Crippen LogP contribution in [-0.4, -0.2) is 22.6 Å². The Labute approximate surface area is 224 Å². The molecule has 4 aliphatic carbocycles. The summed E-state index contributed by atoms with van der Waals surface area (Å²) in [6.07, 6.45) is 9.06. The molecule has 7 rings (SSSR count). The van der Waals surface area contributed by atoms with E-state index in [2.05, 4.69) is 26.0 Å². The van der Waals surface area contributed by atoms with Gasteiger partial charge >= 0.3 is 0 Å². The van der Waals surface area contributed by atoms with Crippen molar-refractivity contribution in [2.24, 2.45) is 28.2 Å². The Morgan fingerprint density at radius 2 is 1.59 bits per heavy atom. The van der Waals surface area contributed by atoms with E-state index >= 15 is 0 Å². The van der Waals surface area contributed by atoms with Gasteiger partial charge in [0.05, 0.1) is 11.4 Å². The van der Waals surface area contributed by atoms with Gasteiger partial charge in [0.15, 0.2) is 5.17 Å². The summed E-state index contributed by atoms with van der Waals surface area (Å²) >= 11 is 1.44. The molecule has 0 saturated heterocycles. The van der Waals surface area contributed by atoms with Gasteiger partial charge in [0, 0.05) is 5.41 Å². The number of carbonyl (C=O) groups is 2. The Morgan fingerprint density at radius 1 is 1.00 bits per heavy atom. The molecule has 1 heterocycles. The molecule has 0 radical (unpaired) electrons. The number of rotatable bonds is 6. The quantitative estimate of drug-likeness (QED) is 0.379. The highest BCUT2D eigenvalue weighted by molar-refractivity contribution is 8.14. The van der Waals surface area contributed by atoms with Crippen LogP contribution in [0.1, 0.15) is 75.0 Å². The number of thioether (sulfide) groups is 1. The molecule has 0 atom stereocenters. The maximum atomic E-state index is 13.7. The summed E-state index contributed by atoms with van der Waals surface area (Å²) < 4.78 is 0. The maximum Gasteiger partial charge on any atom is 0.283 e. The fourth-order valence-corrected chi connectivity index (χ4v) is 8.43. The van der Waals surface area contributed by atoms with Gasteiger partial charge in [-0.05, 0) is 98.5 Å². The molecule has 0 unspecified atom stereocenters. The first-order valence-electron chi connectivity index (χ1n) is 13.8. The molecule has 5 aliphatic rings. The SMILES string of the molecule is Cc1ccc(N2C(=O)/C(=C\c3ccc(C(C)C)cc3)N=C2SCC(=O)C23CC4CC(CC(C4)C2)C3)cc1. The Hall–Kier alpha value is -2.66. The number of benzene rings is 2. The number of carbonyl (C=O) groups excluding carboxylic acids is 2. The monoisotopic (exact) mass is 512 g/mol. The largest absolute Gasteiger partial charge is 0.298 e. The lowest BCUT2D eigenvalue weighted by Gasteiger charge is -2.56. The second kappa shape index (κ2) is 9.58. The third kappa shape index (κ3) is 4.71. The van der Waals surface area contributed by atoms with Crippen LogP contribution in [-0.2, 0) is 9.59 Å². The molecule has 2 aromatic rings. The molecular weight excluding hydrogens is 476 g/mol. The number of aliphatic imine (C=N–C) groups is 1. The molecular formula is C32H36N2O2S. The zero-order valence-corrected chi connectivity index (χ0v) is 22.9. The lowest BCUT2D eigenvalue weighted by Crippen LogP contribution is -2.50. The van der Waals surface area contributed by atoms with Crippen LogP contribution in [0.3, 0.4) is 0 Å². The van der Waals surface area contributed by atoms with Gasteiger partial charge in [-0.3, -0.25) is 14.5 Å². The van der Waals surface area contributed by atoms with Gasteiger partial charge in [-0.1, -0.05) is 67.6 Å². The zero-order valence-electron chi connectivity index (χ0n) is 22.1. The zero-order chi connectivity index (χ0) is 25.7. The average molecular weight is 513 g/mol. The molecule has 5 heteroatoms. The number of nitrogens with zero attached hydrogens (tertiary/aromatic N) is 2. The van der Waals surface area contributed by atoms with Crippen LogP contribution >= 0.6 is 11.8 Å². The smallest absolute Gasteiger partial charge is 0.283 e. The van der Waals surface area contributed by atoms with E-state index < -0.39 is 0 Å². The fraction of sp³-hybridized carbons (Fsp3) is 0.469. The number of amidine groups is 1. The van der Waals surface area contributed by atoms with E-state index in [0.29, 0.717) is 28.3 Å². The number of hydrogen-bond acceptors (Lipinski definition) is 4. The molecule has 1 aliphatic heterocycles. The summed E-state index contributed by atoms with van der Waals surface area (Å²) in [7, 11) is 0. The third-order valence-corrected chi connectivity index (χ3v) is 9.93. The highest BCUT2D eigenvalue weighted by Gasteiger charge is 2.54. The summed E-state index contributed by atoms with van der Waals surface area (Å²) in [5.74, 6) is 3.30. The molecule has 0 N–H and O–H groups in total. The average Bonchev–Trinajstić information content (AvgIpc) is 3.17. The van der Waals surface area contributed by atoms with Crippen LogP contribution in [0.5, 0.6) is 0 Å². The minimum absolute atomic E-state index is 0.129. The Morgan fingerprint density at radius 3 is 2.16 bits per heavy atom. The number of hydrogen-bond donors (Lipinski definition) is 0. The summed E-state index contributed by atoms with van der Waals surface area (Å²) in [5.41, 5.74) is 4.45. The van der Waals surface area contributed by atoms with E-state index in [4.69, 9.17) is 4.99 Å². The number of ketones is 1. The van der Waals surface area contributed by atoms with E-state index in [1.54, 1.807) is 4.90 Å². The van der Waals surface area contributed by atoms with Gasteiger partial charge in [-0.15, -0.1) is 0 Å². The number of aryl methyl sites for hydroxylation is 1. The summed E-state index contributed by atoms with van der Waals surface area (Å²) in [5, 5.41) is 0.608. The lowest BCUT2D eigenvalue weighted by molar-refractivity contribution is -0.141. The fourth-order valence-electron chi connectivity index (χ4n) is 7.38. The van der Waals surface area contributed by atoms with Crippen molar-refractivity contribution >= 4 is 40.4 Å². The van der Waals surface area contributed by atoms with Crippen molar-refractivity contribution in [2.75, 3.05) is 10.7 Å². The molecule has 2 aromatic carbocycles. The molecule has 192 valence electrons. The van der Waals surface area contributed by atoms with Gasteiger partial charge in [-0.2, -0.15) is 0 Å². The molecule has 37 heavy (non-hydrogen) atoms. The molecule has 4 saturated carbocycles. The second-order valence-corrected chi connectivity index (χ2v) is 13.1. The van der Waals surface area contributed by atoms with Crippen LogP contribution < -0.4 is 4.90 Å². The first-order chi connectivity index (χ1) is 17.8. The second-order valence-electron chi connectivity index (χ2n) is 12.1.